The summed E-state index contributed by atoms with van der Waals surface area (Å²) in [6, 6.07) is 4.66. The van der Waals surface area contributed by atoms with E-state index in [1.807, 2.05) is 0 Å². The van der Waals surface area contributed by atoms with Gasteiger partial charge in [-0.3, -0.25) is 4.79 Å². The van der Waals surface area contributed by atoms with Crippen molar-refractivity contribution in [1.29, 1.82) is 0 Å². The molecule has 0 saturated carbocycles. The van der Waals surface area contributed by atoms with Crippen LogP contribution in [0.2, 0.25) is 0 Å². The number of nitrogens with one attached hydrogen (secondary N) is 1. The number of fused-ring (bicyclic) bond motifs is 1. The van der Waals surface area contributed by atoms with Crippen LogP contribution in [0, 0.1) is 0 Å². The first-order valence-electron chi connectivity index (χ1n) is 6.23. The van der Waals surface area contributed by atoms with Crippen LogP contribution in [0.1, 0.15) is 11.3 Å². The Morgan fingerprint density at radius 1 is 1.43 bits per heavy atom. The van der Waals surface area contributed by atoms with Crippen LogP contribution < -0.4 is 9.62 Å². The number of amides is 1. The highest BCUT2D eigenvalue weighted by Crippen LogP contribution is 2.29. The SMILES string of the molecule is CN1C(=O)Cc2cc(S(=O)(=O)NCc3cocn3)ccc21. The quantitative estimate of drug-likeness (QED) is 0.896. The lowest BCUT2D eigenvalue weighted by Gasteiger charge is -2.11. The predicted octanol–water partition coefficient (Wildman–Crippen LogP) is 0.672. The first-order chi connectivity index (χ1) is 9.97. The number of sulfonamides is 1. The summed E-state index contributed by atoms with van der Waals surface area (Å²) in [4.78, 5) is 17.1. The average Bonchev–Trinajstić information content (AvgIpc) is 3.06. The highest BCUT2D eigenvalue weighted by Gasteiger charge is 2.26. The smallest absolute Gasteiger partial charge is 0.240 e. The maximum absolute atomic E-state index is 12.2. The van der Waals surface area contributed by atoms with Crippen LogP contribution in [0.5, 0.6) is 0 Å². The van der Waals surface area contributed by atoms with E-state index in [9.17, 15) is 13.2 Å². The van der Waals surface area contributed by atoms with Gasteiger partial charge in [0.2, 0.25) is 15.9 Å². The van der Waals surface area contributed by atoms with Crippen LogP contribution in [0.25, 0.3) is 0 Å². The van der Waals surface area contributed by atoms with Crippen LogP contribution in [0.15, 0.2) is 40.2 Å². The zero-order chi connectivity index (χ0) is 15.0. The summed E-state index contributed by atoms with van der Waals surface area (Å²) in [5.74, 6) is -0.0462. The molecule has 1 aliphatic heterocycles. The van der Waals surface area contributed by atoms with Crippen LogP contribution >= 0.6 is 0 Å². The molecule has 0 aliphatic carbocycles. The first kappa shape index (κ1) is 13.8. The van der Waals surface area contributed by atoms with Crippen LogP contribution in [0.4, 0.5) is 5.69 Å². The van der Waals surface area contributed by atoms with Gasteiger partial charge in [0.15, 0.2) is 6.39 Å². The van der Waals surface area contributed by atoms with Crippen molar-refractivity contribution in [2.75, 3.05) is 11.9 Å². The van der Waals surface area contributed by atoms with Gasteiger partial charge in [-0.05, 0) is 23.8 Å². The molecule has 0 radical (unpaired) electrons. The van der Waals surface area contributed by atoms with Gasteiger partial charge in [-0.15, -0.1) is 0 Å². The molecule has 1 N–H and O–H groups in total. The average molecular weight is 307 g/mol. The van der Waals surface area contributed by atoms with Gasteiger partial charge in [0.1, 0.15) is 6.26 Å². The van der Waals surface area contributed by atoms with E-state index in [0.717, 1.165) is 5.69 Å². The van der Waals surface area contributed by atoms with Crippen molar-refractivity contribution in [1.82, 2.24) is 9.71 Å². The second kappa shape index (κ2) is 4.97. The molecule has 1 aliphatic rings. The molecule has 0 unspecified atom stereocenters. The van der Waals surface area contributed by atoms with E-state index in [4.69, 9.17) is 4.42 Å². The number of oxazole rings is 1. The van der Waals surface area contributed by atoms with Gasteiger partial charge < -0.3 is 9.32 Å². The zero-order valence-corrected chi connectivity index (χ0v) is 12.1. The molecule has 21 heavy (non-hydrogen) atoms. The largest absolute Gasteiger partial charge is 0.451 e. The number of aromatic nitrogens is 1. The van der Waals surface area contributed by atoms with Crippen LogP contribution in [-0.4, -0.2) is 26.4 Å². The number of carbonyl (C=O) groups excluding carboxylic acids is 1. The molecular weight excluding hydrogens is 294 g/mol. The van der Waals surface area contributed by atoms with E-state index < -0.39 is 10.0 Å². The fourth-order valence-electron chi connectivity index (χ4n) is 2.19. The topological polar surface area (TPSA) is 92.5 Å². The predicted molar refractivity (Wildman–Crippen MR) is 74.1 cm³/mol. The van der Waals surface area contributed by atoms with Crippen molar-refractivity contribution >= 4 is 21.6 Å². The normalized spacial score (nSPS) is 14.5. The number of benzene rings is 1. The summed E-state index contributed by atoms with van der Waals surface area (Å²) in [6.45, 7) is 0.0503. The van der Waals surface area contributed by atoms with Crippen molar-refractivity contribution < 1.29 is 17.6 Å². The molecule has 0 atom stereocenters. The maximum Gasteiger partial charge on any atom is 0.240 e. The van der Waals surface area contributed by atoms with Gasteiger partial charge in [0.25, 0.3) is 0 Å². The number of hydrogen-bond donors (Lipinski definition) is 1. The van der Waals surface area contributed by atoms with Crippen molar-refractivity contribution in [3.63, 3.8) is 0 Å². The molecule has 0 spiro atoms. The third-order valence-electron chi connectivity index (χ3n) is 3.37. The number of rotatable bonds is 4. The lowest BCUT2D eigenvalue weighted by atomic mass is 10.2. The number of likely N-dealkylation sites (N-methyl/N-ethyl adjacent to an activating group) is 1. The molecule has 2 aromatic rings. The monoisotopic (exact) mass is 307 g/mol. The second-order valence-corrected chi connectivity index (χ2v) is 6.49. The van der Waals surface area contributed by atoms with Gasteiger partial charge >= 0.3 is 0 Å². The Morgan fingerprint density at radius 3 is 2.95 bits per heavy atom. The first-order valence-corrected chi connectivity index (χ1v) is 7.72. The Morgan fingerprint density at radius 2 is 2.24 bits per heavy atom. The standard InChI is InChI=1S/C13H13N3O4S/c1-16-12-3-2-11(4-9(12)5-13(16)17)21(18,19)15-6-10-7-20-8-14-10/h2-4,7-8,15H,5-6H2,1H3. The molecule has 1 aromatic carbocycles. The molecule has 1 amide bonds. The minimum Gasteiger partial charge on any atom is -0.451 e. The summed E-state index contributed by atoms with van der Waals surface area (Å²) in [7, 11) is -1.98. The van der Waals surface area contributed by atoms with Crippen molar-refractivity contribution in [2.45, 2.75) is 17.9 Å². The molecule has 0 bridgehead atoms. The Kier molecular flexibility index (Phi) is 3.26. The van der Waals surface area contributed by atoms with Gasteiger partial charge in [-0.2, -0.15) is 0 Å². The minimum absolute atomic E-state index is 0.0462. The van der Waals surface area contributed by atoms with Crippen molar-refractivity contribution in [3.05, 3.63) is 42.1 Å². The molecule has 3 rings (SSSR count). The molecular formula is C13H13N3O4S. The third kappa shape index (κ3) is 2.55. The van der Waals surface area contributed by atoms with Gasteiger partial charge in [-0.1, -0.05) is 0 Å². The second-order valence-electron chi connectivity index (χ2n) is 4.72. The number of nitrogens with zero attached hydrogens (tertiary/aromatic N) is 2. The van der Waals surface area contributed by atoms with E-state index in [-0.39, 0.29) is 23.8 Å². The fourth-order valence-corrected chi connectivity index (χ4v) is 3.24. The van der Waals surface area contributed by atoms with E-state index in [1.54, 1.807) is 13.1 Å². The van der Waals surface area contributed by atoms with E-state index in [1.165, 1.54) is 29.7 Å². The van der Waals surface area contributed by atoms with E-state index in [2.05, 4.69) is 9.71 Å². The number of anilines is 1. The van der Waals surface area contributed by atoms with E-state index >= 15 is 0 Å². The molecule has 2 heterocycles. The van der Waals surface area contributed by atoms with Crippen molar-refractivity contribution in [3.8, 4) is 0 Å². The van der Waals surface area contributed by atoms with Gasteiger partial charge in [0, 0.05) is 12.7 Å². The number of carbonyl (C=O) groups is 1. The summed E-state index contributed by atoms with van der Waals surface area (Å²) in [5.41, 5.74) is 1.96. The molecule has 0 saturated heterocycles. The summed E-state index contributed by atoms with van der Waals surface area (Å²) < 4.78 is 31.7. The van der Waals surface area contributed by atoms with Crippen LogP contribution in [0.3, 0.4) is 0 Å². The molecule has 7 nitrogen and oxygen atoms in total. The lowest BCUT2D eigenvalue weighted by Crippen LogP contribution is -2.23. The summed E-state index contributed by atoms with van der Waals surface area (Å²) >= 11 is 0. The molecule has 0 fully saturated rings. The zero-order valence-electron chi connectivity index (χ0n) is 11.2. The van der Waals surface area contributed by atoms with Crippen LogP contribution in [-0.2, 0) is 27.8 Å². The fraction of sp³-hybridized carbons (Fsp3) is 0.231. The van der Waals surface area contributed by atoms with Gasteiger partial charge in [-0.25, -0.2) is 18.1 Å². The Bertz CT molecular complexity index is 784. The molecule has 8 heteroatoms. The molecule has 110 valence electrons. The van der Waals surface area contributed by atoms with Gasteiger partial charge in [0.05, 0.1) is 23.6 Å². The molecule has 1 aromatic heterocycles. The van der Waals surface area contributed by atoms with E-state index in [0.29, 0.717) is 11.3 Å². The summed E-state index contributed by atoms with van der Waals surface area (Å²) in [6.07, 6.45) is 2.83. The Balaban J connectivity index is 1.83. The summed E-state index contributed by atoms with van der Waals surface area (Å²) in [5, 5.41) is 0. The lowest BCUT2D eigenvalue weighted by molar-refractivity contribution is -0.117. The third-order valence-corrected chi connectivity index (χ3v) is 4.76. The Labute approximate surface area is 121 Å². The Hall–Kier alpha value is -2.19. The maximum atomic E-state index is 12.2. The highest BCUT2D eigenvalue weighted by molar-refractivity contribution is 7.89. The highest BCUT2D eigenvalue weighted by atomic mass is 32.2. The number of hydrogen-bond acceptors (Lipinski definition) is 5. The minimum atomic E-state index is -3.65. The van der Waals surface area contributed by atoms with Crippen molar-refractivity contribution in [2.24, 2.45) is 0 Å².